The zero-order chi connectivity index (χ0) is 14.5. The van der Waals surface area contributed by atoms with Gasteiger partial charge in [-0.15, -0.1) is 0 Å². The summed E-state index contributed by atoms with van der Waals surface area (Å²) >= 11 is 0. The second kappa shape index (κ2) is 6.58. The van der Waals surface area contributed by atoms with Crippen LogP contribution in [-0.4, -0.2) is 30.5 Å². The van der Waals surface area contributed by atoms with E-state index in [4.69, 9.17) is 5.11 Å². The van der Waals surface area contributed by atoms with Crippen LogP contribution in [0.3, 0.4) is 0 Å². The summed E-state index contributed by atoms with van der Waals surface area (Å²) in [7, 11) is -4.28. The molecule has 106 valence electrons. The summed E-state index contributed by atoms with van der Waals surface area (Å²) < 4.78 is 39.0. The van der Waals surface area contributed by atoms with E-state index in [1.165, 1.54) is 6.07 Å². The molecule has 0 saturated heterocycles. The van der Waals surface area contributed by atoms with E-state index in [2.05, 4.69) is 4.98 Å². The van der Waals surface area contributed by atoms with Crippen LogP contribution in [-0.2, 0) is 14.8 Å². The van der Waals surface area contributed by atoms with Crippen LogP contribution in [0.25, 0.3) is 0 Å². The highest BCUT2D eigenvalue weighted by Gasteiger charge is 2.27. The monoisotopic (exact) mass is 290 g/mol. The first kappa shape index (κ1) is 15.5. The third-order valence-corrected chi connectivity index (χ3v) is 3.83. The van der Waals surface area contributed by atoms with Gasteiger partial charge < -0.3 is 5.11 Å². The summed E-state index contributed by atoms with van der Waals surface area (Å²) in [5.41, 5.74) is 0. The Kier molecular flexibility index (Phi) is 5.37. The van der Waals surface area contributed by atoms with E-state index in [1.54, 1.807) is 0 Å². The van der Waals surface area contributed by atoms with Crippen LogP contribution in [0.15, 0.2) is 23.4 Å². The number of carbonyl (C=O) groups is 1. The maximum atomic E-state index is 13.4. The van der Waals surface area contributed by atoms with E-state index in [9.17, 15) is 17.6 Å². The number of carboxylic acid groups (broad SMARTS) is 1. The number of sulfonamides is 1. The molecule has 1 aromatic heterocycles. The third-order valence-electron chi connectivity index (χ3n) is 2.42. The average molecular weight is 290 g/mol. The van der Waals surface area contributed by atoms with Crippen molar-refractivity contribution in [3.8, 4) is 0 Å². The van der Waals surface area contributed by atoms with Gasteiger partial charge in [0.2, 0.25) is 5.03 Å². The van der Waals surface area contributed by atoms with E-state index >= 15 is 0 Å². The Balaban J connectivity index is 2.95. The van der Waals surface area contributed by atoms with Crippen LogP contribution in [0.2, 0.25) is 0 Å². The Labute approximate surface area is 110 Å². The summed E-state index contributed by atoms with van der Waals surface area (Å²) in [4.78, 5) is 14.4. The first-order valence-electron chi connectivity index (χ1n) is 5.74. The quantitative estimate of drug-likeness (QED) is 0.785. The minimum atomic E-state index is -4.28. The lowest BCUT2D eigenvalue weighted by Gasteiger charge is -2.14. The van der Waals surface area contributed by atoms with Crippen molar-refractivity contribution in [3.05, 3.63) is 24.1 Å². The molecule has 1 aromatic rings. The molecule has 0 aliphatic carbocycles. The zero-order valence-corrected chi connectivity index (χ0v) is 11.2. The molecule has 6 nitrogen and oxygen atoms in total. The lowest BCUT2D eigenvalue weighted by atomic mass is 10.1. The molecule has 1 rings (SSSR count). The summed E-state index contributed by atoms with van der Waals surface area (Å²) in [5.74, 6) is -2.32. The topological polar surface area (TPSA) is 96.4 Å². The van der Waals surface area contributed by atoms with E-state index < -0.39 is 32.9 Å². The summed E-state index contributed by atoms with van der Waals surface area (Å²) in [6.07, 6.45) is 2.53. The zero-order valence-electron chi connectivity index (χ0n) is 10.3. The molecular formula is C11H15FN2O4S. The van der Waals surface area contributed by atoms with Crippen molar-refractivity contribution in [2.24, 2.45) is 0 Å². The number of carboxylic acids is 1. The number of hydrogen-bond acceptors (Lipinski definition) is 4. The summed E-state index contributed by atoms with van der Waals surface area (Å²) in [6.45, 7) is 1.85. The van der Waals surface area contributed by atoms with Crippen LogP contribution in [0, 0.1) is 5.82 Å². The van der Waals surface area contributed by atoms with Crippen molar-refractivity contribution >= 4 is 16.0 Å². The van der Waals surface area contributed by atoms with Gasteiger partial charge in [0.15, 0.2) is 5.82 Å². The van der Waals surface area contributed by atoms with Crippen LogP contribution >= 0.6 is 0 Å². The maximum absolute atomic E-state index is 13.4. The van der Waals surface area contributed by atoms with E-state index in [-0.39, 0.29) is 6.42 Å². The SMILES string of the molecule is CCCCC(NS(=O)(=O)c1ncccc1F)C(=O)O. The van der Waals surface area contributed by atoms with Crippen molar-refractivity contribution in [2.75, 3.05) is 0 Å². The number of nitrogens with zero attached hydrogens (tertiary/aromatic N) is 1. The van der Waals surface area contributed by atoms with Gasteiger partial charge in [0.1, 0.15) is 6.04 Å². The molecule has 0 aliphatic heterocycles. The minimum absolute atomic E-state index is 0.138. The number of nitrogens with one attached hydrogen (secondary N) is 1. The van der Waals surface area contributed by atoms with Crippen molar-refractivity contribution < 1.29 is 22.7 Å². The summed E-state index contributed by atoms with van der Waals surface area (Å²) in [5, 5.41) is 8.14. The highest BCUT2D eigenvalue weighted by molar-refractivity contribution is 7.89. The van der Waals surface area contributed by atoms with E-state index in [1.807, 2.05) is 11.6 Å². The van der Waals surface area contributed by atoms with Crippen molar-refractivity contribution in [2.45, 2.75) is 37.3 Å². The number of unbranched alkanes of at least 4 members (excludes halogenated alkanes) is 1. The molecule has 1 heterocycles. The molecule has 19 heavy (non-hydrogen) atoms. The van der Waals surface area contributed by atoms with Crippen LogP contribution in [0.1, 0.15) is 26.2 Å². The first-order valence-corrected chi connectivity index (χ1v) is 7.22. The molecule has 0 fully saturated rings. The Hall–Kier alpha value is -1.54. The normalized spacial score (nSPS) is 13.2. The number of aromatic nitrogens is 1. The average Bonchev–Trinajstić information content (AvgIpc) is 2.34. The van der Waals surface area contributed by atoms with Crippen LogP contribution in [0.4, 0.5) is 4.39 Å². The molecule has 1 unspecified atom stereocenters. The lowest BCUT2D eigenvalue weighted by Crippen LogP contribution is -2.41. The fourth-order valence-corrected chi connectivity index (χ4v) is 2.68. The van der Waals surface area contributed by atoms with E-state index in [0.717, 1.165) is 18.7 Å². The minimum Gasteiger partial charge on any atom is -0.480 e. The Morgan fingerprint density at radius 2 is 2.26 bits per heavy atom. The molecule has 8 heteroatoms. The maximum Gasteiger partial charge on any atom is 0.321 e. The third kappa shape index (κ3) is 4.25. The largest absolute Gasteiger partial charge is 0.480 e. The highest BCUT2D eigenvalue weighted by Crippen LogP contribution is 2.12. The number of rotatable bonds is 7. The van der Waals surface area contributed by atoms with Gasteiger partial charge in [-0.1, -0.05) is 19.8 Å². The number of halogens is 1. The van der Waals surface area contributed by atoms with Gasteiger partial charge in [0, 0.05) is 6.20 Å². The lowest BCUT2D eigenvalue weighted by molar-refractivity contribution is -0.139. The molecule has 0 aliphatic rings. The standard InChI is InChI=1S/C11H15FN2O4S/c1-2-3-6-9(11(15)16)14-19(17,18)10-8(12)5-4-7-13-10/h4-5,7,9,14H,2-3,6H2,1H3,(H,15,16). The van der Waals surface area contributed by atoms with E-state index in [0.29, 0.717) is 6.42 Å². The van der Waals surface area contributed by atoms with Gasteiger partial charge in [-0.2, -0.15) is 4.72 Å². The molecule has 0 amide bonds. The fraction of sp³-hybridized carbons (Fsp3) is 0.455. The molecule has 2 N–H and O–H groups in total. The van der Waals surface area contributed by atoms with Gasteiger partial charge >= 0.3 is 5.97 Å². The summed E-state index contributed by atoms with van der Waals surface area (Å²) in [6, 6.07) is 0.912. The molecule has 0 spiro atoms. The highest BCUT2D eigenvalue weighted by atomic mass is 32.2. The second-order valence-corrected chi connectivity index (χ2v) is 5.57. The van der Waals surface area contributed by atoms with Gasteiger partial charge in [-0.3, -0.25) is 4.79 Å². The predicted octanol–water partition coefficient (Wildman–Crippen LogP) is 1.14. The smallest absolute Gasteiger partial charge is 0.321 e. The number of pyridine rings is 1. The second-order valence-electron chi connectivity index (χ2n) is 3.94. The van der Waals surface area contributed by atoms with Gasteiger partial charge in [0.25, 0.3) is 10.0 Å². The Morgan fingerprint density at radius 3 is 2.79 bits per heavy atom. The molecule has 0 saturated carbocycles. The molecule has 0 bridgehead atoms. The van der Waals surface area contributed by atoms with Gasteiger partial charge in [0.05, 0.1) is 0 Å². The Bertz CT molecular complexity index is 547. The van der Waals surface area contributed by atoms with Crippen molar-refractivity contribution in [3.63, 3.8) is 0 Å². The van der Waals surface area contributed by atoms with Gasteiger partial charge in [-0.05, 0) is 18.6 Å². The van der Waals surface area contributed by atoms with Gasteiger partial charge in [-0.25, -0.2) is 17.8 Å². The number of hydrogen-bond donors (Lipinski definition) is 2. The molecular weight excluding hydrogens is 275 g/mol. The van der Waals surface area contributed by atoms with Crippen LogP contribution in [0.5, 0.6) is 0 Å². The van der Waals surface area contributed by atoms with Crippen molar-refractivity contribution in [1.82, 2.24) is 9.71 Å². The fourth-order valence-electron chi connectivity index (χ4n) is 1.45. The molecule has 0 aromatic carbocycles. The Morgan fingerprint density at radius 1 is 1.58 bits per heavy atom. The van der Waals surface area contributed by atoms with Crippen molar-refractivity contribution in [1.29, 1.82) is 0 Å². The molecule has 1 atom stereocenters. The molecule has 0 radical (unpaired) electrons. The number of aliphatic carboxylic acids is 1. The predicted molar refractivity (Wildman–Crippen MR) is 65.5 cm³/mol. The first-order chi connectivity index (χ1) is 8.88. The van der Waals surface area contributed by atoms with Crippen LogP contribution < -0.4 is 4.72 Å².